The Bertz CT molecular complexity index is 1290. The average Bonchev–Trinajstić information content (AvgIpc) is 2.73. The van der Waals surface area contributed by atoms with E-state index in [0.717, 1.165) is 0 Å². The molecule has 138 valence electrons. The molecule has 1 heterocycles. The maximum atomic E-state index is 13.3. The zero-order valence-electron chi connectivity index (χ0n) is 14.5. The van der Waals surface area contributed by atoms with Gasteiger partial charge < -0.3 is 0 Å². The molecule has 4 aromatic rings. The van der Waals surface area contributed by atoms with Crippen molar-refractivity contribution in [2.75, 3.05) is 0 Å². The summed E-state index contributed by atoms with van der Waals surface area (Å²) in [4.78, 5) is 15.0. The van der Waals surface area contributed by atoms with Crippen molar-refractivity contribution < 1.29 is 13.3 Å². The van der Waals surface area contributed by atoms with Crippen molar-refractivity contribution in [1.29, 1.82) is 0 Å². The molecule has 0 spiro atoms. The van der Waals surface area contributed by atoms with E-state index in [1.165, 1.54) is 30.5 Å². The standard InChI is InChI=1S/C21H14N2O4S/c24-23(25)16-12-10-15(11-13-16)21-18-8-4-5-9-19(18)22-14-20(21)28(26,27)17-6-2-1-3-7-17/h1-14H. The Hall–Kier alpha value is -3.58. The molecule has 0 aliphatic heterocycles. The van der Waals surface area contributed by atoms with Gasteiger partial charge in [0.15, 0.2) is 0 Å². The highest BCUT2D eigenvalue weighted by molar-refractivity contribution is 7.91. The lowest BCUT2D eigenvalue weighted by atomic mass is 10.0. The van der Waals surface area contributed by atoms with Crippen molar-refractivity contribution in [2.24, 2.45) is 0 Å². The van der Waals surface area contributed by atoms with Crippen molar-refractivity contribution in [3.8, 4) is 11.1 Å². The van der Waals surface area contributed by atoms with Crippen LogP contribution in [0, 0.1) is 10.1 Å². The van der Waals surface area contributed by atoms with Crippen molar-refractivity contribution in [2.45, 2.75) is 9.79 Å². The highest BCUT2D eigenvalue weighted by Gasteiger charge is 2.24. The Morgan fingerprint density at radius 1 is 0.821 bits per heavy atom. The zero-order chi connectivity index (χ0) is 19.7. The quantitative estimate of drug-likeness (QED) is 0.374. The number of sulfone groups is 1. The molecular formula is C21H14N2O4S. The third-order valence-electron chi connectivity index (χ3n) is 4.45. The second-order valence-electron chi connectivity index (χ2n) is 6.14. The molecule has 28 heavy (non-hydrogen) atoms. The Labute approximate surface area is 161 Å². The van der Waals surface area contributed by atoms with Gasteiger partial charge >= 0.3 is 0 Å². The molecule has 3 aromatic carbocycles. The molecule has 0 atom stereocenters. The van der Waals surface area contributed by atoms with E-state index in [1.54, 1.807) is 48.5 Å². The number of nitro groups is 1. The number of benzene rings is 3. The van der Waals surface area contributed by atoms with E-state index >= 15 is 0 Å². The second-order valence-corrected chi connectivity index (χ2v) is 8.05. The lowest BCUT2D eigenvalue weighted by Crippen LogP contribution is -2.05. The van der Waals surface area contributed by atoms with Crippen LogP contribution in [0.25, 0.3) is 22.0 Å². The van der Waals surface area contributed by atoms with Crippen LogP contribution < -0.4 is 0 Å². The van der Waals surface area contributed by atoms with Crippen LogP contribution in [0.4, 0.5) is 5.69 Å². The predicted octanol–water partition coefficient (Wildman–Crippen LogP) is 4.64. The van der Waals surface area contributed by atoms with Gasteiger partial charge in [0, 0.05) is 29.3 Å². The van der Waals surface area contributed by atoms with E-state index < -0.39 is 14.8 Å². The van der Waals surface area contributed by atoms with Crippen molar-refractivity contribution in [3.63, 3.8) is 0 Å². The number of pyridine rings is 1. The Kier molecular flexibility index (Phi) is 4.37. The number of nitro benzene ring substituents is 1. The Morgan fingerprint density at radius 3 is 2.14 bits per heavy atom. The monoisotopic (exact) mass is 390 g/mol. The molecule has 6 nitrogen and oxygen atoms in total. The molecule has 1 aromatic heterocycles. The molecule has 0 N–H and O–H groups in total. The number of rotatable bonds is 4. The van der Waals surface area contributed by atoms with Crippen LogP contribution in [-0.2, 0) is 9.84 Å². The van der Waals surface area contributed by atoms with Gasteiger partial charge in [-0.3, -0.25) is 15.1 Å². The third-order valence-corrected chi connectivity index (χ3v) is 6.23. The van der Waals surface area contributed by atoms with Gasteiger partial charge in [-0.2, -0.15) is 0 Å². The van der Waals surface area contributed by atoms with E-state index in [1.807, 2.05) is 6.07 Å². The number of hydrogen-bond donors (Lipinski definition) is 0. The molecule has 0 saturated carbocycles. The predicted molar refractivity (Wildman–Crippen MR) is 106 cm³/mol. The smallest absolute Gasteiger partial charge is 0.258 e. The Morgan fingerprint density at radius 2 is 1.46 bits per heavy atom. The molecule has 7 heteroatoms. The lowest BCUT2D eigenvalue weighted by Gasteiger charge is -2.13. The number of non-ortho nitro benzene ring substituents is 1. The average molecular weight is 390 g/mol. The van der Waals surface area contributed by atoms with E-state index in [-0.39, 0.29) is 15.5 Å². The molecular weight excluding hydrogens is 376 g/mol. The summed E-state index contributed by atoms with van der Waals surface area (Å²) in [5, 5.41) is 11.6. The first-order valence-corrected chi connectivity index (χ1v) is 9.89. The van der Waals surface area contributed by atoms with Gasteiger partial charge in [0.1, 0.15) is 0 Å². The van der Waals surface area contributed by atoms with E-state index in [0.29, 0.717) is 22.0 Å². The summed E-state index contributed by atoms with van der Waals surface area (Å²) < 4.78 is 26.6. The molecule has 0 bridgehead atoms. The van der Waals surface area contributed by atoms with Gasteiger partial charge in [0.2, 0.25) is 9.84 Å². The fourth-order valence-electron chi connectivity index (χ4n) is 3.10. The molecule has 0 radical (unpaired) electrons. The highest BCUT2D eigenvalue weighted by atomic mass is 32.2. The number of para-hydroxylation sites is 1. The van der Waals surface area contributed by atoms with Gasteiger partial charge in [-0.05, 0) is 35.9 Å². The molecule has 0 unspecified atom stereocenters. The summed E-state index contributed by atoms with van der Waals surface area (Å²) in [6.45, 7) is 0. The SMILES string of the molecule is O=[N+]([O-])c1ccc(-c2c(S(=O)(=O)c3ccccc3)cnc3ccccc23)cc1. The molecule has 0 saturated heterocycles. The molecule has 0 amide bonds. The molecule has 4 rings (SSSR count). The summed E-state index contributed by atoms with van der Waals surface area (Å²) in [5.74, 6) is 0. The topological polar surface area (TPSA) is 90.2 Å². The maximum absolute atomic E-state index is 13.3. The fourth-order valence-corrected chi connectivity index (χ4v) is 4.56. The molecule has 0 fully saturated rings. The van der Waals surface area contributed by atoms with E-state index in [2.05, 4.69) is 4.98 Å². The third kappa shape index (κ3) is 3.01. The second kappa shape index (κ2) is 6.86. The molecule has 0 aliphatic carbocycles. The largest absolute Gasteiger partial charge is 0.269 e. The first-order chi connectivity index (χ1) is 13.5. The van der Waals surface area contributed by atoms with Gasteiger partial charge in [0.05, 0.1) is 20.2 Å². The van der Waals surface area contributed by atoms with Crippen molar-refractivity contribution in [3.05, 3.63) is 95.2 Å². The highest BCUT2D eigenvalue weighted by Crippen LogP contribution is 2.36. The summed E-state index contributed by atoms with van der Waals surface area (Å²) in [5.41, 5.74) is 1.63. The van der Waals surface area contributed by atoms with Crippen molar-refractivity contribution in [1.82, 2.24) is 4.98 Å². The van der Waals surface area contributed by atoms with Gasteiger partial charge in [-0.15, -0.1) is 0 Å². The summed E-state index contributed by atoms with van der Waals surface area (Å²) >= 11 is 0. The number of nitrogens with zero attached hydrogens (tertiary/aromatic N) is 2. The van der Waals surface area contributed by atoms with Crippen LogP contribution in [0.1, 0.15) is 0 Å². The minimum absolute atomic E-state index is 0.0606. The Balaban J connectivity index is 2.03. The van der Waals surface area contributed by atoms with Crippen LogP contribution in [0.5, 0.6) is 0 Å². The number of aromatic nitrogens is 1. The molecule has 0 aliphatic rings. The summed E-state index contributed by atoms with van der Waals surface area (Å²) in [6, 6.07) is 21.2. The van der Waals surface area contributed by atoms with Gasteiger partial charge in [0.25, 0.3) is 5.69 Å². The van der Waals surface area contributed by atoms with E-state index in [4.69, 9.17) is 0 Å². The first-order valence-electron chi connectivity index (χ1n) is 8.41. The van der Waals surface area contributed by atoms with Gasteiger partial charge in [-0.1, -0.05) is 36.4 Å². The number of fused-ring (bicyclic) bond motifs is 1. The summed E-state index contributed by atoms with van der Waals surface area (Å²) in [6.07, 6.45) is 1.35. The van der Waals surface area contributed by atoms with Crippen LogP contribution in [0.15, 0.2) is 94.9 Å². The van der Waals surface area contributed by atoms with Gasteiger partial charge in [-0.25, -0.2) is 8.42 Å². The lowest BCUT2D eigenvalue weighted by molar-refractivity contribution is -0.384. The normalized spacial score (nSPS) is 11.4. The summed E-state index contributed by atoms with van der Waals surface area (Å²) in [7, 11) is -3.83. The zero-order valence-corrected chi connectivity index (χ0v) is 15.3. The number of hydrogen-bond acceptors (Lipinski definition) is 5. The minimum atomic E-state index is -3.83. The van der Waals surface area contributed by atoms with Crippen molar-refractivity contribution >= 4 is 26.4 Å². The van der Waals surface area contributed by atoms with Crippen LogP contribution in [0.3, 0.4) is 0 Å². The fraction of sp³-hybridized carbons (Fsp3) is 0. The first kappa shape index (κ1) is 17.8. The van der Waals surface area contributed by atoms with Crippen LogP contribution >= 0.6 is 0 Å². The van der Waals surface area contributed by atoms with E-state index in [9.17, 15) is 18.5 Å². The minimum Gasteiger partial charge on any atom is -0.258 e. The van der Waals surface area contributed by atoms with Crippen LogP contribution in [-0.4, -0.2) is 18.3 Å². The maximum Gasteiger partial charge on any atom is 0.269 e. The van der Waals surface area contributed by atoms with Crippen LogP contribution in [0.2, 0.25) is 0 Å².